The molecule has 0 aliphatic carbocycles. The first-order valence-electron chi connectivity index (χ1n) is 11.7. The van der Waals surface area contributed by atoms with Crippen LogP contribution < -0.4 is 20.1 Å². The summed E-state index contributed by atoms with van der Waals surface area (Å²) in [5.41, 5.74) is 1.38. The number of benzene rings is 1. The molecule has 0 radical (unpaired) electrons. The van der Waals surface area contributed by atoms with E-state index >= 15 is 4.39 Å². The van der Waals surface area contributed by atoms with E-state index in [1.165, 1.54) is 0 Å². The van der Waals surface area contributed by atoms with Gasteiger partial charge in [0.05, 0.1) is 11.3 Å². The number of allylic oxidation sites excluding steroid dienone is 1. The van der Waals surface area contributed by atoms with Crippen molar-refractivity contribution in [3.63, 3.8) is 0 Å². The number of hydrogen-bond acceptors (Lipinski definition) is 8. The Kier molecular flexibility index (Phi) is 6.73. The first-order valence-corrected chi connectivity index (χ1v) is 11.7. The van der Waals surface area contributed by atoms with Crippen molar-refractivity contribution in [2.24, 2.45) is 0 Å². The lowest BCUT2D eigenvalue weighted by molar-refractivity contribution is 0.0201. The van der Waals surface area contributed by atoms with Gasteiger partial charge in [-0.2, -0.15) is 4.98 Å². The van der Waals surface area contributed by atoms with E-state index in [0.29, 0.717) is 42.3 Å². The lowest BCUT2D eigenvalue weighted by Gasteiger charge is -2.30. The van der Waals surface area contributed by atoms with Crippen LogP contribution in [0, 0.1) is 12.7 Å². The Bertz CT molecular complexity index is 1160. The van der Waals surface area contributed by atoms with E-state index in [2.05, 4.69) is 20.6 Å². The van der Waals surface area contributed by atoms with Crippen LogP contribution >= 0.6 is 0 Å². The molecule has 3 heterocycles. The molecule has 0 bridgehead atoms. The number of aromatic nitrogens is 2. The smallest absolute Gasteiger partial charge is 0.410 e. The highest BCUT2D eigenvalue weighted by molar-refractivity contribution is 5.80. The van der Waals surface area contributed by atoms with Gasteiger partial charge in [-0.3, -0.25) is 0 Å². The van der Waals surface area contributed by atoms with Gasteiger partial charge < -0.3 is 29.7 Å². The van der Waals surface area contributed by atoms with E-state index in [9.17, 15) is 4.79 Å². The summed E-state index contributed by atoms with van der Waals surface area (Å²) < 4.78 is 32.8. The minimum Gasteiger partial charge on any atom is -0.453 e. The van der Waals surface area contributed by atoms with Crippen molar-refractivity contribution in [1.82, 2.24) is 14.9 Å². The monoisotopic (exact) mass is 485 g/mol. The second-order valence-corrected chi connectivity index (χ2v) is 9.69. The number of halogens is 1. The third-order valence-electron chi connectivity index (χ3n) is 5.80. The summed E-state index contributed by atoms with van der Waals surface area (Å²) in [6.45, 7) is 9.60. The molecule has 9 nitrogen and oxygen atoms in total. The van der Waals surface area contributed by atoms with Crippen LogP contribution in [0.15, 0.2) is 18.2 Å². The normalized spacial score (nSPS) is 17.5. The molecular weight excluding hydrogens is 453 g/mol. The maximum Gasteiger partial charge on any atom is 0.410 e. The second kappa shape index (κ2) is 9.59. The molecule has 1 unspecified atom stereocenters. The number of fused-ring (bicyclic) bond motifs is 1. The number of aryl methyl sites for hydroxylation is 1. The molecule has 4 rings (SSSR count). The number of rotatable bonds is 4. The van der Waals surface area contributed by atoms with E-state index < -0.39 is 11.4 Å². The molecule has 0 spiro atoms. The summed E-state index contributed by atoms with van der Waals surface area (Å²) in [5, 5.41) is 5.96. The highest BCUT2D eigenvalue weighted by Crippen LogP contribution is 2.46. The number of hydrogen-bond donors (Lipinski definition) is 2. The molecular formula is C25H32FN5O4. The lowest BCUT2D eigenvalue weighted by atomic mass is 9.97. The Labute approximate surface area is 204 Å². The maximum absolute atomic E-state index is 16.0. The van der Waals surface area contributed by atoms with Crippen LogP contribution in [0.2, 0.25) is 0 Å². The van der Waals surface area contributed by atoms with E-state index in [-0.39, 0.29) is 30.6 Å². The summed E-state index contributed by atoms with van der Waals surface area (Å²) in [6.07, 6.45) is 2.67. The molecule has 0 saturated heterocycles. The highest BCUT2D eigenvalue weighted by Gasteiger charge is 2.31. The minimum atomic E-state index is -0.598. The van der Waals surface area contributed by atoms with Crippen molar-refractivity contribution in [3.05, 3.63) is 35.3 Å². The van der Waals surface area contributed by atoms with Crippen LogP contribution in [0.1, 0.15) is 51.8 Å². The average molecular weight is 486 g/mol. The Morgan fingerprint density at radius 3 is 2.74 bits per heavy atom. The number of anilines is 3. The number of carbonyl (C=O) groups excluding carboxylic acids is 1. The number of amides is 1. The third-order valence-corrected chi connectivity index (χ3v) is 5.80. The van der Waals surface area contributed by atoms with Crippen molar-refractivity contribution in [2.45, 2.75) is 59.1 Å². The van der Waals surface area contributed by atoms with Crippen LogP contribution in [0.5, 0.6) is 11.5 Å². The molecule has 35 heavy (non-hydrogen) atoms. The van der Waals surface area contributed by atoms with E-state index in [0.717, 1.165) is 11.3 Å². The zero-order chi connectivity index (χ0) is 25.3. The second-order valence-electron chi connectivity index (χ2n) is 9.69. The van der Waals surface area contributed by atoms with Gasteiger partial charge in [0, 0.05) is 37.5 Å². The molecule has 1 aromatic heterocycles. The molecule has 188 valence electrons. The first-order chi connectivity index (χ1) is 16.6. The zero-order valence-electron chi connectivity index (χ0n) is 21.0. The molecule has 2 N–H and O–H groups in total. The quantitative estimate of drug-likeness (QED) is 0.607. The van der Waals surface area contributed by atoms with Gasteiger partial charge in [-0.1, -0.05) is 6.08 Å². The summed E-state index contributed by atoms with van der Waals surface area (Å²) in [7, 11) is 1.75. The van der Waals surface area contributed by atoms with Crippen LogP contribution in [0.25, 0.3) is 5.57 Å². The van der Waals surface area contributed by atoms with Gasteiger partial charge in [0.1, 0.15) is 11.4 Å². The summed E-state index contributed by atoms with van der Waals surface area (Å²) in [5.74, 6) is 1.18. The predicted molar refractivity (Wildman–Crippen MR) is 132 cm³/mol. The van der Waals surface area contributed by atoms with Gasteiger partial charge in [-0.25, -0.2) is 14.2 Å². The van der Waals surface area contributed by atoms with Gasteiger partial charge in [0.15, 0.2) is 17.3 Å². The molecule has 1 aromatic carbocycles. The molecule has 0 saturated carbocycles. The highest BCUT2D eigenvalue weighted by atomic mass is 19.1. The summed E-state index contributed by atoms with van der Waals surface area (Å²) in [6, 6.07) is 3.27. The Morgan fingerprint density at radius 1 is 1.26 bits per heavy atom. The van der Waals surface area contributed by atoms with Crippen molar-refractivity contribution < 1.29 is 23.4 Å². The molecule has 2 aliphatic rings. The molecule has 2 aliphatic heterocycles. The molecule has 0 fully saturated rings. The SMILES string of the molecule is CNc1cc(C)nc(Nc2cc3c(c(C4=CCN(C(=O)OC(C)(C)C)C(C)CC4)c2F)OCO3)n1. The van der Waals surface area contributed by atoms with Crippen molar-refractivity contribution in [3.8, 4) is 11.5 Å². The Morgan fingerprint density at radius 2 is 2.03 bits per heavy atom. The molecule has 1 atom stereocenters. The standard InChI is InChI=1S/C25H32FN5O4/c1-14-11-19(27-6)30-23(28-14)29-17-12-18-22(34-13-33-18)20(21(17)26)16-8-7-15(2)31(10-9-16)24(32)35-25(3,4)5/h9,11-12,15H,7-8,10,13H2,1-6H3,(H2,27,28,29,30). The van der Waals surface area contributed by atoms with Gasteiger partial charge in [0.25, 0.3) is 0 Å². The Hall–Kier alpha value is -3.56. The van der Waals surface area contributed by atoms with Crippen molar-refractivity contribution in [2.75, 3.05) is 31.0 Å². The maximum atomic E-state index is 16.0. The van der Waals surface area contributed by atoms with Crippen LogP contribution in [0.3, 0.4) is 0 Å². The number of ether oxygens (including phenoxy) is 3. The van der Waals surface area contributed by atoms with Crippen molar-refractivity contribution >= 4 is 29.1 Å². The zero-order valence-corrected chi connectivity index (χ0v) is 21.0. The number of nitrogens with zero attached hydrogens (tertiary/aromatic N) is 3. The predicted octanol–water partition coefficient (Wildman–Crippen LogP) is 5.24. The van der Waals surface area contributed by atoms with E-state index in [4.69, 9.17) is 14.2 Å². The molecule has 2 aromatic rings. The van der Waals surface area contributed by atoms with Crippen molar-refractivity contribution in [1.29, 1.82) is 0 Å². The fourth-order valence-electron chi connectivity index (χ4n) is 4.08. The molecule has 10 heteroatoms. The van der Waals surface area contributed by atoms with Gasteiger partial charge >= 0.3 is 6.09 Å². The summed E-state index contributed by atoms with van der Waals surface area (Å²) in [4.78, 5) is 23.1. The fourth-order valence-corrected chi connectivity index (χ4v) is 4.08. The van der Waals surface area contributed by atoms with Gasteiger partial charge in [-0.15, -0.1) is 0 Å². The van der Waals surface area contributed by atoms with E-state index in [1.807, 2.05) is 40.7 Å². The topological polar surface area (TPSA) is 97.8 Å². The van der Waals surface area contributed by atoms with E-state index in [1.54, 1.807) is 24.1 Å². The van der Waals surface area contributed by atoms with Gasteiger partial charge in [-0.05, 0) is 53.0 Å². The first kappa shape index (κ1) is 24.6. The van der Waals surface area contributed by atoms with Crippen LogP contribution in [0.4, 0.5) is 26.6 Å². The Balaban J connectivity index is 1.69. The largest absolute Gasteiger partial charge is 0.453 e. The van der Waals surface area contributed by atoms with Crippen LogP contribution in [-0.4, -0.2) is 53.0 Å². The number of nitrogens with one attached hydrogen (secondary N) is 2. The average Bonchev–Trinajstić information content (AvgIpc) is 3.14. The van der Waals surface area contributed by atoms with Gasteiger partial charge in [0.2, 0.25) is 12.7 Å². The minimum absolute atomic E-state index is 0.00376. The number of carbonyl (C=O) groups is 1. The third kappa shape index (κ3) is 5.41. The lowest BCUT2D eigenvalue weighted by Crippen LogP contribution is -2.41. The van der Waals surface area contributed by atoms with Crippen LogP contribution in [-0.2, 0) is 4.74 Å². The molecule has 1 amide bonds. The fraction of sp³-hybridized carbons (Fsp3) is 0.480. The summed E-state index contributed by atoms with van der Waals surface area (Å²) >= 11 is 0.